The van der Waals surface area contributed by atoms with Crippen LogP contribution in [0.3, 0.4) is 0 Å². The Kier molecular flexibility index (Phi) is 9.26. The van der Waals surface area contributed by atoms with Crippen LogP contribution in [-0.4, -0.2) is 68.3 Å². The topological polar surface area (TPSA) is 181 Å². The van der Waals surface area contributed by atoms with Crippen molar-refractivity contribution in [2.45, 2.75) is 25.3 Å². The van der Waals surface area contributed by atoms with Crippen molar-refractivity contribution in [1.82, 2.24) is 40.8 Å². The summed E-state index contributed by atoms with van der Waals surface area (Å²) in [5, 5.41) is 23.6. The third-order valence-corrected chi connectivity index (χ3v) is 6.84. The fourth-order valence-corrected chi connectivity index (χ4v) is 4.69. The molecule has 0 saturated carbocycles. The first-order valence-electron chi connectivity index (χ1n) is 13.5. The van der Waals surface area contributed by atoms with Crippen LogP contribution in [-0.2, 0) is 14.3 Å². The lowest BCUT2D eigenvalue weighted by Gasteiger charge is -2.17. The molecule has 3 amide bonds. The zero-order valence-corrected chi connectivity index (χ0v) is 23.9. The number of fused-ring (bicyclic) bond motifs is 4. The molecule has 1 unspecified atom stereocenters. The van der Waals surface area contributed by atoms with Crippen LogP contribution in [0.15, 0.2) is 55.0 Å². The second-order valence-electron chi connectivity index (χ2n) is 9.59. The Bertz CT molecular complexity index is 1640. The molecule has 1 aliphatic heterocycles. The van der Waals surface area contributed by atoms with Gasteiger partial charge in [0.2, 0.25) is 11.8 Å². The average Bonchev–Trinajstić information content (AvgIpc) is 3.70. The van der Waals surface area contributed by atoms with E-state index < -0.39 is 18.0 Å². The van der Waals surface area contributed by atoms with Gasteiger partial charge in [-0.1, -0.05) is 11.6 Å². The van der Waals surface area contributed by atoms with E-state index in [-0.39, 0.29) is 12.3 Å². The minimum Gasteiger partial charge on any atom is -0.453 e. The molecule has 43 heavy (non-hydrogen) atoms. The van der Waals surface area contributed by atoms with Crippen LogP contribution in [0.4, 0.5) is 16.2 Å². The summed E-state index contributed by atoms with van der Waals surface area (Å²) in [5.74, 6) is -0.254. The highest BCUT2D eigenvalue weighted by atomic mass is 35.5. The first kappa shape index (κ1) is 29.3. The van der Waals surface area contributed by atoms with Gasteiger partial charge in [-0.3, -0.25) is 14.9 Å². The first-order valence-corrected chi connectivity index (χ1v) is 13.8. The number of halogens is 1. The van der Waals surface area contributed by atoms with Gasteiger partial charge in [0.05, 0.1) is 31.0 Å². The second-order valence-corrected chi connectivity index (χ2v) is 10.0. The van der Waals surface area contributed by atoms with Crippen molar-refractivity contribution in [3.8, 4) is 16.9 Å². The van der Waals surface area contributed by atoms with Crippen LogP contribution in [0.1, 0.15) is 36.7 Å². The van der Waals surface area contributed by atoms with E-state index in [4.69, 9.17) is 21.3 Å². The number of imidazole rings is 1. The van der Waals surface area contributed by atoms with E-state index in [9.17, 15) is 14.4 Å². The summed E-state index contributed by atoms with van der Waals surface area (Å²) in [7, 11) is 1.30. The van der Waals surface area contributed by atoms with Crippen molar-refractivity contribution >= 4 is 47.0 Å². The van der Waals surface area contributed by atoms with E-state index in [0.717, 1.165) is 24.1 Å². The van der Waals surface area contributed by atoms with E-state index in [1.165, 1.54) is 24.2 Å². The maximum atomic E-state index is 13.1. The predicted octanol–water partition coefficient (Wildman–Crippen LogP) is 3.47. The van der Waals surface area contributed by atoms with Crippen molar-refractivity contribution in [1.29, 1.82) is 0 Å². The highest BCUT2D eigenvalue weighted by Gasteiger charge is 2.22. The Hall–Kier alpha value is -5.24. The quantitative estimate of drug-likeness (QED) is 0.213. The number of nitrogens with zero attached hydrogens (tertiary/aromatic N) is 5. The van der Waals surface area contributed by atoms with Crippen LogP contribution in [0.25, 0.3) is 23.0 Å². The van der Waals surface area contributed by atoms with Gasteiger partial charge in [0.1, 0.15) is 12.2 Å². The van der Waals surface area contributed by atoms with Gasteiger partial charge in [-0.15, -0.1) is 5.10 Å². The van der Waals surface area contributed by atoms with Crippen molar-refractivity contribution in [3.63, 3.8) is 0 Å². The predicted molar refractivity (Wildman–Crippen MR) is 159 cm³/mol. The zero-order chi connectivity index (χ0) is 30.2. The van der Waals surface area contributed by atoms with Crippen LogP contribution in [0.2, 0.25) is 5.02 Å². The van der Waals surface area contributed by atoms with Gasteiger partial charge in [0, 0.05) is 52.9 Å². The molecule has 222 valence electrons. The summed E-state index contributed by atoms with van der Waals surface area (Å²) in [6.45, 7) is 1.13. The molecule has 2 aromatic carbocycles. The van der Waals surface area contributed by atoms with E-state index in [1.54, 1.807) is 42.6 Å². The summed E-state index contributed by atoms with van der Waals surface area (Å²) in [4.78, 5) is 45.5. The van der Waals surface area contributed by atoms with E-state index in [2.05, 4.69) is 41.8 Å². The molecule has 0 spiro atoms. The Morgan fingerprint density at radius 1 is 1.14 bits per heavy atom. The molecule has 0 radical (unpaired) electrons. The fourth-order valence-electron chi connectivity index (χ4n) is 4.51. The number of benzene rings is 2. The van der Waals surface area contributed by atoms with Crippen molar-refractivity contribution in [3.05, 3.63) is 71.4 Å². The van der Waals surface area contributed by atoms with Crippen LogP contribution < -0.4 is 21.3 Å². The van der Waals surface area contributed by atoms with Crippen molar-refractivity contribution in [2.75, 3.05) is 30.8 Å². The molecule has 1 aliphatic rings. The van der Waals surface area contributed by atoms with Crippen molar-refractivity contribution in [2.24, 2.45) is 0 Å². The number of nitrogens with one attached hydrogen (secondary N) is 5. The average molecular weight is 605 g/mol. The smallest absolute Gasteiger partial charge is 0.411 e. The molecular formula is C28H29ClN10O4. The maximum absolute atomic E-state index is 13.1. The van der Waals surface area contributed by atoms with E-state index >= 15 is 0 Å². The molecule has 2 bridgehead atoms. The first-order chi connectivity index (χ1) is 20.9. The number of aromatic amines is 1. The number of aromatic nitrogens is 6. The highest BCUT2D eigenvalue weighted by Crippen LogP contribution is 2.31. The molecule has 5 N–H and O–H groups in total. The summed E-state index contributed by atoms with van der Waals surface area (Å²) in [6.07, 6.45) is 7.03. The maximum Gasteiger partial charge on any atom is 0.411 e. The minimum atomic E-state index is -0.746. The Labute approximate surface area is 251 Å². The number of amides is 3. The number of hydrogen-bond acceptors (Lipinski definition) is 9. The van der Waals surface area contributed by atoms with Gasteiger partial charge >= 0.3 is 6.09 Å². The lowest BCUT2D eigenvalue weighted by atomic mass is 10.1. The number of ether oxygens (including phenoxy) is 1. The number of carbonyl (C=O) groups is 3. The van der Waals surface area contributed by atoms with Gasteiger partial charge in [-0.25, -0.2) is 9.78 Å². The largest absolute Gasteiger partial charge is 0.453 e. The number of carbonyl (C=O) groups excluding carboxylic acids is 3. The van der Waals surface area contributed by atoms with Gasteiger partial charge in [0.25, 0.3) is 0 Å². The van der Waals surface area contributed by atoms with Gasteiger partial charge in [-0.05, 0) is 65.7 Å². The number of methoxy groups -OCH3 is 1. The highest BCUT2D eigenvalue weighted by molar-refractivity contribution is 6.30. The van der Waals surface area contributed by atoms with Gasteiger partial charge in [-0.2, -0.15) is 4.68 Å². The molecular weight excluding hydrogens is 576 g/mol. The van der Waals surface area contributed by atoms with E-state index in [0.29, 0.717) is 46.6 Å². The lowest BCUT2D eigenvalue weighted by molar-refractivity contribution is -0.122. The summed E-state index contributed by atoms with van der Waals surface area (Å²) >= 11 is 6.19. The molecule has 0 saturated heterocycles. The van der Waals surface area contributed by atoms with Crippen molar-refractivity contribution < 1.29 is 19.1 Å². The van der Waals surface area contributed by atoms with Crippen LogP contribution in [0, 0.1) is 0 Å². The Balaban J connectivity index is 1.40. The number of H-pyrrole nitrogens is 1. The van der Waals surface area contributed by atoms with E-state index in [1.807, 2.05) is 6.07 Å². The molecule has 5 rings (SSSR count). The number of tetrazole rings is 1. The van der Waals surface area contributed by atoms with Crippen LogP contribution >= 0.6 is 11.6 Å². The molecule has 1 atom stereocenters. The van der Waals surface area contributed by atoms with Gasteiger partial charge < -0.3 is 25.7 Å². The molecule has 4 aromatic rings. The standard InChI is InChI=1S/C28H29ClN10O4/c1-43-28(42)34-19-6-7-20-21(13-19)30-10-2-3-11-31-26(41)14-22(27-32-15-23(20)36-27)35-25(40)9-4-17-12-18(29)5-8-24(17)39-16-33-37-38-39/h4-9,12-13,15-16,22,30H,2-3,10-11,14H2,1H3,(H,31,41)(H,32,36)(H,34,42)(H,35,40)/b9-4+. The minimum absolute atomic E-state index is 0.0212. The molecule has 2 aromatic heterocycles. The third kappa shape index (κ3) is 7.54. The van der Waals surface area contributed by atoms with Gasteiger partial charge in [0.15, 0.2) is 0 Å². The zero-order valence-electron chi connectivity index (χ0n) is 23.1. The molecule has 15 heteroatoms. The Morgan fingerprint density at radius 2 is 1.98 bits per heavy atom. The lowest BCUT2D eigenvalue weighted by Crippen LogP contribution is -2.34. The summed E-state index contributed by atoms with van der Waals surface area (Å²) < 4.78 is 6.16. The third-order valence-electron chi connectivity index (χ3n) is 6.60. The Morgan fingerprint density at radius 3 is 2.77 bits per heavy atom. The summed E-state index contributed by atoms with van der Waals surface area (Å²) in [6, 6.07) is 9.75. The fraction of sp³-hybridized carbons (Fsp3) is 0.250. The van der Waals surface area contributed by atoms with Crippen LogP contribution in [0.5, 0.6) is 0 Å². The second kappa shape index (κ2) is 13.6. The monoisotopic (exact) mass is 604 g/mol. The molecule has 3 heterocycles. The normalized spacial score (nSPS) is 15.5. The number of hydrogen-bond donors (Lipinski definition) is 5. The SMILES string of the molecule is COC(=O)Nc1ccc2c(c1)NCCCCNC(=O)CC(NC(=O)/C=C/c1cc(Cl)ccc1-n1cnnn1)c1nc-2c[nH]1. The summed E-state index contributed by atoms with van der Waals surface area (Å²) in [5.41, 5.74) is 3.94. The molecule has 0 fully saturated rings. The molecule has 14 nitrogen and oxygen atoms in total. The number of rotatable bonds is 5. The number of anilines is 2. The molecule has 0 aliphatic carbocycles.